The summed E-state index contributed by atoms with van der Waals surface area (Å²) in [7, 11) is 0. The average Bonchev–Trinajstić information content (AvgIpc) is 1.69. The molecule has 1 heterocycles. The Morgan fingerprint density at radius 3 is 2.86 bits per heavy atom. The van der Waals surface area contributed by atoms with Gasteiger partial charge in [0.2, 0.25) is 0 Å². The fourth-order valence-electron chi connectivity index (χ4n) is 0.404. The van der Waals surface area contributed by atoms with Crippen molar-refractivity contribution in [2.24, 2.45) is 0 Å². The molecule has 0 saturated heterocycles. The van der Waals surface area contributed by atoms with Gasteiger partial charge in [0.1, 0.15) is 0 Å². The Kier molecular flexibility index (Phi) is 1.02. The molecule has 0 amide bonds. The van der Waals surface area contributed by atoms with Crippen molar-refractivity contribution in [3.8, 4) is 0 Å². The van der Waals surface area contributed by atoms with Crippen LogP contribution in [0.5, 0.6) is 0 Å². The molecule has 2 heteroatoms. The van der Waals surface area contributed by atoms with Gasteiger partial charge < -0.3 is 5.32 Å². The summed E-state index contributed by atoms with van der Waals surface area (Å²) in [4.78, 5) is 0. The zero-order valence-corrected chi connectivity index (χ0v) is 4.18. The Morgan fingerprint density at radius 1 is 1.71 bits per heavy atom. The molecular formula is C5H7N2. The standard InChI is InChI=1S/C5H7N2/c1-5-4-6-2-3-7-5/h2-4,7H,1H3. The van der Waals surface area contributed by atoms with E-state index in [-0.39, 0.29) is 0 Å². The molecule has 0 fully saturated rings. The Labute approximate surface area is 42.9 Å². The van der Waals surface area contributed by atoms with Crippen molar-refractivity contribution < 1.29 is 0 Å². The summed E-state index contributed by atoms with van der Waals surface area (Å²) < 4.78 is 0. The predicted octanol–water partition coefficient (Wildman–Crippen LogP) is 0.526. The number of hydrogen-bond acceptors (Lipinski definition) is 1. The van der Waals surface area contributed by atoms with E-state index in [0.717, 1.165) is 5.70 Å². The summed E-state index contributed by atoms with van der Waals surface area (Å²) >= 11 is 0. The fourth-order valence-corrected chi connectivity index (χ4v) is 0.404. The van der Waals surface area contributed by atoms with Crippen LogP contribution in [-0.4, -0.2) is 0 Å². The first-order valence-corrected chi connectivity index (χ1v) is 2.18. The third-order valence-corrected chi connectivity index (χ3v) is 0.740. The molecule has 0 unspecified atom stereocenters. The van der Waals surface area contributed by atoms with Gasteiger partial charge in [-0.05, 0) is 6.92 Å². The maximum Gasteiger partial charge on any atom is 0.0458 e. The van der Waals surface area contributed by atoms with E-state index >= 15 is 0 Å². The van der Waals surface area contributed by atoms with Crippen LogP contribution >= 0.6 is 0 Å². The molecule has 0 atom stereocenters. The summed E-state index contributed by atoms with van der Waals surface area (Å²) in [6.45, 7) is 1.97. The van der Waals surface area contributed by atoms with Crippen molar-refractivity contribution in [2.45, 2.75) is 6.92 Å². The number of hydrogen-bond donors (Lipinski definition) is 1. The molecule has 1 aliphatic heterocycles. The van der Waals surface area contributed by atoms with E-state index in [9.17, 15) is 0 Å². The number of allylic oxidation sites excluding steroid dienone is 1. The van der Waals surface area contributed by atoms with Crippen molar-refractivity contribution >= 4 is 0 Å². The first kappa shape index (κ1) is 4.24. The topological polar surface area (TPSA) is 26.1 Å². The van der Waals surface area contributed by atoms with Crippen molar-refractivity contribution in [1.29, 1.82) is 0 Å². The molecule has 0 aromatic heterocycles. The number of rotatable bonds is 0. The van der Waals surface area contributed by atoms with Crippen molar-refractivity contribution in [1.82, 2.24) is 10.6 Å². The smallest absolute Gasteiger partial charge is 0.0458 e. The second-order valence-corrected chi connectivity index (χ2v) is 1.42. The molecule has 1 rings (SSSR count). The Balaban J connectivity index is 2.50. The number of nitrogens with one attached hydrogen (secondary N) is 1. The van der Waals surface area contributed by atoms with Crippen LogP contribution in [0.3, 0.4) is 0 Å². The molecule has 2 nitrogen and oxygen atoms in total. The first-order valence-electron chi connectivity index (χ1n) is 2.18. The van der Waals surface area contributed by atoms with Crippen LogP contribution in [0.2, 0.25) is 0 Å². The summed E-state index contributed by atoms with van der Waals surface area (Å²) in [5, 5.41) is 6.82. The van der Waals surface area contributed by atoms with Crippen LogP contribution in [0.25, 0.3) is 0 Å². The van der Waals surface area contributed by atoms with Crippen molar-refractivity contribution in [3.63, 3.8) is 0 Å². The third-order valence-electron chi connectivity index (χ3n) is 0.740. The molecule has 1 aliphatic rings. The zero-order valence-electron chi connectivity index (χ0n) is 4.18. The maximum absolute atomic E-state index is 3.85. The highest BCUT2D eigenvalue weighted by molar-refractivity contribution is 5.04. The molecule has 1 N–H and O–H groups in total. The second-order valence-electron chi connectivity index (χ2n) is 1.42. The van der Waals surface area contributed by atoms with Crippen LogP contribution in [0.15, 0.2) is 24.3 Å². The van der Waals surface area contributed by atoms with Gasteiger partial charge in [-0.3, -0.25) is 5.32 Å². The quantitative estimate of drug-likeness (QED) is 0.466. The largest absolute Gasteiger partial charge is 0.363 e. The van der Waals surface area contributed by atoms with E-state index in [1.54, 1.807) is 18.6 Å². The minimum Gasteiger partial charge on any atom is -0.363 e. The lowest BCUT2D eigenvalue weighted by molar-refractivity contribution is 0.947. The Bertz CT molecular complexity index is 113. The maximum atomic E-state index is 3.85. The molecule has 37 valence electrons. The molecule has 0 aromatic rings. The van der Waals surface area contributed by atoms with Gasteiger partial charge in [-0.15, -0.1) is 0 Å². The molecule has 0 bridgehead atoms. The lowest BCUT2D eigenvalue weighted by atomic mass is 10.5. The van der Waals surface area contributed by atoms with Gasteiger partial charge in [-0.25, -0.2) is 0 Å². The fraction of sp³-hybridized carbons (Fsp3) is 0.200. The van der Waals surface area contributed by atoms with E-state index in [1.165, 1.54) is 0 Å². The average molecular weight is 95.1 g/mol. The van der Waals surface area contributed by atoms with E-state index in [1.807, 2.05) is 6.92 Å². The normalized spacial score (nSPS) is 17.0. The van der Waals surface area contributed by atoms with Crippen molar-refractivity contribution in [3.05, 3.63) is 24.3 Å². The van der Waals surface area contributed by atoms with Crippen LogP contribution in [0.1, 0.15) is 6.92 Å². The lowest BCUT2D eigenvalue weighted by Gasteiger charge is -2.02. The summed E-state index contributed by atoms with van der Waals surface area (Å²) in [6, 6.07) is 0. The summed E-state index contributed by atoms with van der Waals surface area (Å²) in [5.74, 6) is 0. The third kappa shape index (κ3) is 0.961. The second kappa shape index (κ2) is 1.69. The highest BCUT2D eigenvalue weighted by Gasteiger charge is 1.85. The van der Waals surface area contributed by atoms with Gasteiger partial charge >= 0.3 is 0 Å². The monoisotopic (exact) mass is 95.1 g/mol. The van der Waals surface area contributed by atoms with Crippen LogP contribution < -0.4 is 10.6 Å². The van der Waals surface area contributed by atoms with E-state index < -0.39 is 0 Å². The van der Waals surface area contributed by atoms with Gasteiger partial charge in [-0.1, -0.05) is 0 Å². The summed E-state index contributed by atoms with van der Waals surface area (Å²) in [5.41, 5.74) is 1.09. The van der Waals surface area contributed by atoms with Gasteiger partial charge in [-0.2, -0.15) is 0 Å². The number of nitrogens with zero attached hydrogens (tertiary/aromatic N) is 1. The highest BCUT2D eigenvalue weighted by atomic mass is 14.9. The van der Waals surface area contributed by atoms with Crippen molar-refractivity contribution in [2.75, 3.05) is 0 Å². The Morgan fingerprint density at radius 2 is 2.57 bits per heavy atom. The van der Waals surface area contributed by atoms with Gasteiger partial charge in [0.25, 0.3) is 0 Å². The molecule has 0 spiro atoms. The molecule has 0 aliphatic carbocycles. The van der Waals surface area contributed by atoms with Crippen LogP contribution in [-0.2, 0) is 0 Å². The predicted molar refractivity (Wildman–Crippen MR) is 28.2 cm³/mol. The first-order chi connectivity index (χ1) is 3.39. The molecular weight excluding hydrogens is 88.1 g/mol. The zero-order chi connectivity index (χ0) is 5.11. The van der Waals surface area contributed by atoms with Crippen LogP contribution in [0, 0.1) is 0 Å². The van der Waals surface area contributed by atoms with Gasteiger partial charge in [0.05, 0.1) is 0 Å². The van der Waals surface area contributed by atoms with E-state index in [2.05, 4.69) is 10.6 Å². The highest BCUT2D eigenvalue weighted by Crippen LogP contribution is 1.87. The van der Waals surface area contributed by atoms with Gasteiger partial charge in [0, 0.05) is 24.3 Å². The lowest BCUT2D eigenvalue weighted by Crippen LogP contribution is -2.07. The SMILES string of the molecule is CC1=C[N]C=CN1. The molecule has 0 saturated carbocycles. The van der Waals surface area contributed by atoms with Crippen LogP contribution in [0.4, 0.5) is 0 Å². The minimum atomic E-state index is 1.09. The van der Waals surface area contributed by atoms with E-state index in [4.69, 9.17) is 0 Å². The minimum absolute atomic E-state index is 1.09. The molecule has 1 radical (unpaired) electrons. The Hall–Kier alpha value is -0.920. The van der Waals surface area contributed by atoms with Gasteiger partial charge in [0.15, 0.2) is 0 Å². The molecule has 7 heavy (non-hydrogen) atoms. The van der Waals surface area contributed by atoms with E-state index in [0.29, 0.717) is 0 Å². The molecule has 0 aromatic carbocycles. The summed E-state index contributed by atoms with van der Waals surface area (Å²) in [6.07, 6.45) is 5.29.